The van der Waals surface area contributed by atoms with E-state index in [1.54, 1.807) is 4.90 Å². The fourth-order valence-electron chi connectivity index (χ4n) is 2.93. The van der Waals surface area contributed by atoms with Crippen LogP contribution in [0.5, 0.6) is 0 Å². The van der Waals surface area contributed by atoms with Gasteiger partial charge in [0.05, 0.1) is 10.9 Å². The molecule has 0 radical (unpaired) electrons. The van der Waals surface area contributed by atoms with Crippen molar-refractivity contribution in [3.8, 4) is 0 Å². The van der Waals surface area contributed by atoms with Gasteiger partial charge in [0.1, 0.15) is 5.65 Å². The van der Waals surface area contributed by atoms with E-state index in [9.17, 15) is 14.4 Å². The standard InChI is InChI=1S/C15H19N5O3/c1-16-10-4-3-5-20(8-10)14(22)9-6-11-12(17-7-9)19(2)15(23)18-13(11)21/h6-7,10,16H,3-5,8H2,1-2H3,(H,18,21,23). The lowest BCUT2D eigenvalue weighted by Crippen LogP contribution is -2.47. The van der Waals surface area contributed by atoms with Crippen molar-refractivity contribution in [3.63, 3.8) is 0 Å². The Hall–Kier alpha value is -2.48. The number of nitrogens with zero attached hydrogens (tertiary/aromatic N) is 3. The number of likely N-dealkylation sites (N-methyl/N-ethyl adjacent to an activating group) is 1. The number of carbonyl (C=O) groups excluding carboxylic acids is 1. The SMILES string of the molecule is CNC1CCCN(C(=O)c2cnc3c(c2)c(=O)[nH]c(=O)n3C)C1. The van der Waals surface area contributed by atoms with Crippen LogP contribution in [0.25, 0.3) is 11.0 Å². The van der Waals surface area contributed by atoms with Gasteiger partial charge in [0.25, 0.3) is 11.5 Å². The summed E-state index contributed by atoms with van der Waals surface area (Å²) in [6.45, 7) is 1.33. The number of aromatic amines is 1. The summed E-state index contributed by atoms with van der Waals surface area (Å²) in [7, 11) is 3.41. The number of aromatic nitrogens is 3. The van der Waals surface area contributed by atoms with E-state index in [1.165, 1.54) is 23.9 Å². The highest BCUT2D eigenvalue weighted by Crippen LogP contribution is 2.15. The van der Waals surface area contributed by atoms with Gasteiger partial charge < -0.3 is 10.2 Å². The largest absolute Gasteiger partial charge is 0.337 e. The molecular weight excluding hydrogens is 298 g/mol. The third-order valence-corrected chi connectivity index (χ3v) is 4.32. The Kier molecular flexibility index (Phi) is 3.99. The van der Waals surface area contributed by atoms with Crippen LogP contribution in [0.2, 0.25) is 0 Å². The van der Waals surface area contributed by atoms with Crippen molar-refractivity contribution in [2.75, 3.05) is 20.1 Å². The lowest BCUT2D eigenvalue weighted by molar-refractivity contribution is 0.0698. The molecule has 0 bridgehead atoms. The number of H-pyrrole nitrogens is 1. The molecule has 3 rings (SSSR count). The molecule has 0 spiro atoms. The molecule has 122 valence electrons. The van der Waals surface area contributed by atoms with Gasteiger partial charge in [0.2, 0.25) is 0 Å². The average Bonchev–Trinajstić information content (AvgIpc) is 2.58. The van der Waals surface area contributed by atoms with Gasteiger partial charge in [-0.1, -0.05) is 0 Å². The van der Waals surface area contributed by atoms with E-state index in [0.29, 0.717) is 18.7 Å². The van der Waals surface area contributed by atoms with Crippen LogP contribution in [-0.4, -0.2) is 51.5 Å². The van der Waals surface area contributed by atoms with E-state index in [0.717, 1.165) is 12.8 Å². The van der Waals surface area contributed by atoms with Crippen molar-refractivity contribution in [2.45, 2.75) is 18.9 Å². The van der Waals surface area contributed by atoms with Crippen molar-refractivity contribution in [3.05, 3.63) is 38.7 Å². The van der Waals surface area contributed by atoms with E-state index in [4.69, 9.17) is 0 Å². The van der Waals surface area contributed by atoms with Crippen molar-refractivity contribution >= 4 is 16.9 Å². The maximum absolute atomic E-state index is 12.6. The normalized spacial score (nSPS) is 18.3. The second kappa shape index (κ2) is 5.96. The fourth-order valence-corrected chi connectivity index (χ4v) is 2.93. The zero-order valence-corrected chi connectivity index (χ0v) is 13.1. The highest BCUT2D eigenvalue weighted by molar-refractivity contribution is 5.96. The molecule has 3 heterocycles. The first kappa shape index (κ1) is 15.4. The monoisotopic (exact) mass is 317 g/mol. The molecule has 0 aromatic carbocycles. The van der Waals surface area contributed by atoms with Crippen LogP contribution in [0, 0.1) is 0 Å². The maximum Gasteiger partial charge on any atom is 0.329 e. The third-order valence-electron chi connectivity index (χ3n) is 4.32. The highest BCUT2D eigenvalue weighted by Gasteiger charge is 2.24. The van der Waals surface area contributed by atoms with Gasteiger partial charge in [-0.25, -0.2) is 9.78 Å². The second-order valence-electron chi connectivity index (χ2n) is 5.79. The van der Waals surface area contributed by atoms with E-state index >= 15 is 0 Å². The first-order valence-corrected chi connectivity index (χ1v) is 7.57. The van der Waals surface area contributed by atoms with Crippen LogP contribution in [0.1, 0.15) is 23.2 Å². The minimum absolute atomic E-state index is 0.146. The summed E-state index contributed by atoms with van der Waals surface area (Å²) in [6, 6.07) is 1.79. The van der Waals surface area contributed by atoms with Gasteiger partial charge in [0, 0.05) is 32.4 Å². The number of fused-ring (bicyclic) bond motifs is 1. The molecule has 1 saturated heterocycles. The molecule has 8 nitrogen and oxygen atoms in total. The molecule has 0 aliphatic carbocycles. The fraction of sp³-hybridized carbons (Fsp3) is 0.467. The lowest BCUT2D eigenvalue weighted by atomic mass is 10.0. The number of aryl methyl sites for hydroxylation is 1. The van der Waals surface area contributed by atoms with Crippen LogP contribution in [0.15, 0.2) is 21.9 Å². The van der Waals surface area contributed by atoms with Gasteiger partial charge in [-0.3, -0.25) is 19.1 Å². The van der Waals surface area contributed by atoms with Gasteiger partial charge in [0.15, 0.2) is 0 Å². The van der Waals surface area contributed by atoms with Gasteiger partial charge in [-0.15, -0.1) is 0 Å². The molecule has 2 N–H and O–H groups in total. The Labute approximate surface area is 132 Å². The van der Waals surface area contributed by atoms with Crippen molar-refractivity contribution < 1.29 is 4.79 Å². The number of carbonyl (C=O) groups is 1. The number of pyridine rings is 1. The Bertz CT molecular complexity index is 870. The smallest absolute Gasteiger partial charge is 0.329 e. The third kappa shape index (κ3) is 2.77. The average molecular weight is 317 g/mol. The molecule has 1 atom stereocenters. The summed E-state index contributed by atoms with van der Waals surface area (Å²) in [5.74, 6) is -0.146. The van der Waals surface area contributed by atoms with Crippen LogP contribution >= 0.6 is 0 Å². The minimum atomic E-state index is -0.531. The summed E-state index contributed by atoms with van der Waals surface area (Å²) >= 11 is 0. The summed E-state index contributed by atoms with van der Waals surface area (Å²) in [5.41, 5.74) is -0.431. The molecule has 1 aliphatic heterocycles. The summed E-state index contributed by atoms with van der Waals surface area (Å²) < 4.78 is 1.25. The molecule has 1 unspecified atom stereocenters. The number of hydrogen-bond acceptors (Lipinski definition) is 5. The predicted molar refractivity (Wildman–Crippen MR) is 85.6 cm³/mol. The van der Waals surface area contributed by atoms with Crippen molar-refractivity contribution in [1.82, 2.24) is 24.8 Å². The van der Waals surface area contributed by atoms with E-state index < -0.39 is 11.2 Å². The molecule has 2 aromatic rings. The van der Waals surface area contributed by atoms with Crippen molar-refractivity contribution in [1.29, 1.82) is 0 Å². The number of amides is 1. The zero-order valence-electron chi connectivity index (χ0n) is 13.1. The second-order valence-corrected chi connectivity index (χ2v) is 5.79. The summed E-state index contributed by atoms with van der Waals surface area (Å²) in [5, 5.41) is 3.43. The quantitative estimate of drug-likeness (QED) is 0.774. The van der Waals surface area contributed by atoms with Crippen LogP contribution in [-0.2, 0) is 7.05 Å². The number of rotatable bonds is 2. The Morgan fingerprint density at radius 2 is 2.22 bits per heavy atom. The van der Waals surface area contributed by atoms with E-state index in [2.05, 4.69) is 15.3 Å². The van der Waals surface area contributed by atoms with Gasteiger partial charge in [-0.2, -0.15) is 0 Å². The maximum atomic E-state index is 12.6. The highest BCUT2D eigenvalue weighted by atomic mass is 16.2. The molecule has 1 amide bonds. The lowest BCUT2D eigenvalue weighted by Gasteiger charge is -2.32. The zero-order chi connectivity index (χ0) is 16.6. The Balaban J connectivity index is 1.99. The molecular formula is C15H19N5O3. The molecule has 1 aliphatic rings. The van der Waals surface area contributed by atoms with Gasteiger partial charge in [-0.05, 0) is 26.0 Å². The Morgan fingerprint density at radius 1 is 1.43 bits per heavy atom. The Morgan fingerprint density at radius 3 is 2.96 bits per heavy atom. The van der Waals surface area contributed by atoms with Crippen LogP contribution < -0.4 is 16.6 Å². The van der Waals surface area contributed by atoms with Crippen LogP contribution in [0.3, 0.4) is 0 Å². The van der Waals surface area contributed by atoms with Crippen LogP contribution in [0.4, 0.5) is 0 Å². The molecule has 8 heteroatoms. The summed E-state index contributed by atoms with van der Waals surface area (Å²) in [6.07, 6.45) is 3.40. The number of likely N-dealkylation sites (tertiary alicyclic amines) is 1. The van der Waals surface area contributed by atoms with Crippen molar-refractivity contribution in [2.24, 2.45) is 7.05 Å². The minimum Gasteiger partial charge on any atom is -0.337 e. The number of nitrogens with one attached hydrogen (secondary N) is 2. The number of piperidine rings is 1. The molecule has 23 heavy (non-hydrogen) atoms. The van der Waals surface area contributed by atoms with Gasteiger partial charge >= 0.3 is 5.69 Å². The first-order valence-electron chi connectivity index (χ1n) is 7.57. The molecule has 0 saturated carbocycles. The molecule has 2 aromatic heterocycles. The first-order chi connectivity index (χ1) is 11.0. The summed E-state index contributed by atoms with van der Waals surface area (Å²) in [4.78, 5) is 44.3. The predicted octanol–water partition coefficient (Wildman–Crippen LogP) is -0.554. The molecule has 1 fully saturated rings. The van der Waals surface area contributed by atoms with E-state index in [-0.39, 0.29) is 23.0 Å². The topological polar surface area (TPSA) is 100 Å². The van der Waals surface area contributed by atoms with E-state index in [1.807, 2.05) is 7.05 Å². The number of hydrogen-bond donors (Lipinski definition) is 2.